The lowest BCUT2D eigenvalue weighted by Gasteiger charge is -2.36. The number of rotatable bonds is 6. The Kier molecular flexibility index (Phi) is 6.48. The number of carbonyl (C=O) groups is 1. The molecule has 164 valence electrons. The molecule has 0 aliphatic carbocycles. The van der Waals surface area contributed by atoms with Crippen LogP contribution < -0.4 is 16.1 Å². The minimum atomic E-state index is -0.325. The summed E-state index contributed by atoms with van der Waals surface area (Å²) >= 11 is 0. The van der Waals surface area contributed by atoms with E-state index in [1.807, 2.05) is 43.6 Å². The van der Waals surface area contributed by atoms with Crippen LogP contribution in [0.2, 0.25) is 0 Å². The third kappa shape index (κ3) is 4.20. The Bertz CT molecular complexity index is 1030. The van der Waals surface area contributed by atoms with Crippen LogP contribution in [0.4, 0.5) is 5.82 Å². The van der Waals surface area contributed by atoms with E-state index in [9.17, 15) is 14.4 Å². The van der Waals surface area contributed by atoms with Gasteiger partial charge in [0.05, 0.1) is 11.6 Å². The molecule has 0 aromatic carbocycles. The number of piperidine rings is 1. The van der Waals surface area contributed by atoms with E-state index in [1.54, 1.807) is 9.47 Å². The predicted molar refractivity (Wildman–Crippen MR) is 116 cm³/mol. The molecule has 3 rings (SSSR count). The molecule has 0 radical (unpaired) electrons. The van der Waals surface area contributed by atoms with Crippen molar-refractivity contribution in [2.45, 2.75) is 53.2 Å². The quantitative estimate of drug-likeness (QED) is 0.700. The van der Waals surface area contributed by atoms with Crippen molar-refractivity contribution in [1.29, 1.82) is 0 Å². The molecular weight excluding hydrogens is 384 g/mol. The van der Waals surface area contributed by atoms with E-state index in [0.717, 1.165) is 41.8 Å². The van der Waals surface area contributed by atoms with E-state index in [-0.39, 0.29) is 23.1 Å². The van der Waals surface area contributed by atoms with Gasteiger partial charge in [0.25, 0.3) is 5.56 Å². The lowest BCUT2D eigenvalue weighted by Crippen LogP contribution is -2.47. The molecule has 1 fully saturated rings. The summed E-state index contributed by atoms with van der Waals surface area (Å²) in [6.45, 7) is 8.90. The molecule has 9 nitrogen and oxygen atoms in total. The number of hydrogen-bond acceptors (Lipinski definition) is 5. The summed E-state index contributed by atoms with van der Waals surface area (Å²) in [7, 11) is 3.31. The number of carbonyl (C=O) groups excluding carboxylic acids is 1. The van der Waals surface area contributed by atoms with Crippen LogP contribution in [-0.2, 0) is 31.5 Å². The second-order valence-corrected chi connectivity index (χ2v) is 8.00. The molecule has 0 bridgehead atoms. The lowest BCUT2D eigenvalue weighted by atomic mass is 9.96. The first kappa shape index (κ1) is 21.9. The van der Waals surface area contributed by atoms with Gasteiger partial charge < -0.3 is 9.80 Å². The van der Waals surface area contributed by atoms with Crippen LogP contribution in [0.5, 0.6) is 0 Å². The van der Waals surface area contributed by atoms with Crippen molar-refractivity contribution in [3.63, 3.8) is 0 Å². The van der Waals surface area contributed by atoms with Crippen LogP contribution in [-0.4, -0.2) is 49.9 Å². The number of anilines is 1. The predicted octanol–water partition coefficient (Wildman–Crippen LogP) is 0.967. The number of aryl methyl sites for hydroxylation is 2. The Morgan fingerprint density at radius 1 is 1.27 bits per heavy atom. The zero-order valence-electron chi connectivity index (χ0n) is 18.6. The lowest BCUT2D eigenvalue weighted by molar-refractivity contribution is -0.135. The molecule has 1 amide bonds. The summed E-state index contributed by atoms with van der Waals surface area (Å²) in [5.74, 6) is 0.512. The van der Waals surface area contributed by atoms with Crippen LogP contribution in [0.25, 0.3) is 0 Å². The summed E-state index contributed by atoms with van der Waals surface area (Å²) in [5.41, 5.74) is 1.34. The summed E-state index contributed by atoms with van der Waals surface area (Å²) in [6, 6.07) is 1.50. The summed E-state index contributed by atoms with van der Waals surface area (Å²) in [6.07, 6.45) is 3.63. The molecule has 1 saturated heterocycles. The maximum atomic E-state index is 13.1. The van der Waals surface area contributed by atoms with Gasteiger partial charge in [0.1, 0.15) is 5.82 Å². The first-order valence-electron chi connectivity index (χ1n) is 10.6. The fraction of sp³-hybridized carbons (Fsp3) is 0.619. The topological polar surface area (TPSA) is 85.4 Å². The number of hydrogen-bond donors (Lipinski definition) is 0. The highest BCUT2D eigenvalue weighted by atomic mass is 16.2. The van der Waals surface area contributed by atoms with E-state index in [1.165, 1.54) is 13.1 Å². The molecule has 1 aliphatic rings. The van der Waals surface area contributed by atoms with E-state index in [2.05, 4.69) is 5.10 Å². The molecule has 3 heterocycles. The van der Waals surface area contributed by atoms with E-state index >= 15 is 0 Å². The molecule has 1 atom stereocenters. The minimum absolute atomic E-state index is 0.0811. The Morgan fingerprint density at radius 3 is 2.63 bits per heavy atom. The first-order chi connectivity index (χ1) is 14.3. The second kappa shape index (κ2) is 8.89. The highest BCUT2D eigenvalue weighted by Gasteiger charge is 2.30. The fourth-order valence-corrected chi connectivity index (χ4v) is 4.13. The Morgan fingerprint density at radius 2 is 2.00 bits per heavy atom. The van der Waals surface area contributed by atoms with E-state index < -0.39 is 0 Å². The monoisotopic (exact) mass is 416 g/mol. The largest absolute Gasteiger partial charge is 0.357 e. The van der Waals surface area contributed by atoms with Gasteiger partial charge in [0.15, 0.2) is 0 Å². The highest BCUT2D eigenvalue weighted by molar-refractivity contribution is 5.79. The van der Waals surface area contributed by atoms with Gasteiger partial charge >= 0.3 is 5.69 Å². The molecule has 2 aromatic heterocycles. The summed E-state index contributed by atoms with van der Waals surface area (Å²) < 4.78 is 4.60. The van der Waals surface area contributed by atoms with Gasteiger partial charge in [0.2, 0.25) is 5.91 Å². The van der Waals surface area contributed by atoms with Crippen molar-refractivity contribution in [3.05, 3.63) is 44.4 Å². The van der Waals surface area contributed by atoms with Gasteiger partial charge in [-0.2, -0.15) is 5.10 Å². The van der Waals surface area contributed by atoms with Crippen LogP contribution in [0, 0.1) is 12.8 Å². The molecule has 0 saturated carbocycles. The smallest absolute Gasteiger partial charge is 0.332 e. The third-order valence-electron chi connectivity index (χ3n) is 5.94. The van der Waals surface area contributed by atoms with Gasteiger partial charge in [-0.05, 0) is 33.6 Å². The first-order valence-corrected chi connectivity index (χ1v) is 10.6. The van der Waals surface area contributed by atoms with Crippen molar-refractivity contribution in [1.82, 2.24) is 23.8 Å². The molecule has 30 heavy (non-hydrogen) atoms. The molecule has 1 aliphatic heterocycles. The highest BCUT2D eigenvalue weighted by Crippen LogP contribution is 2.24. The van der Waals surface area contributed by atoms with Gasteiger partial charge in [-0.3, -0.25) is 23.4 Å². The molecule has 9 heteroatoms. The van der Waals surface area contributed by atoms with Gasteiger partial charge in [0, 0.05) is 64.6 Å². The van der Waals surface area contributed by atoms with Crippen molar-refractivity contribution in [2.75, 3.05) is 25.0 Å². The van der Waals surface area contributed by atoms with Crippen molar-refractivity contribution >= 4 is 11.7 Å². The van der Waals surface area contributed by atoms with Crippen molar-refractivity contribution in [2.24, 2.45) is 13.0 Å². The van der Waals surface area contributed by atoms with Crippen molar-refractivity contribution in [3.8, 4) is 0 Å². The van der Waals surface area contributed by atoms with Gasteiger partial charge in [-0.15, -0.1) is 0 Å². The zero-order chi connectivity index (χ0) is 22.0. The number of aromatic nitrogens is 4. The van der Waals surface area contributed by atoms with Gasteiger partial charge in [-0.1, -0.05) is 0 Å². The molecule has 0 spiro atoms. The molecular formula is C21H32N6O3. The standard InChI is InChI=1S/C21H32N6O3/c1-6-26-14-17(15(3)22-26)12-23(4)20(29)16-9-8-10-25(13-16)18-11-19(28)24(5)21(30)27(18)7-2/h11,14,16H,6-10,12-13H2,1-5H3. The van der Waals surface area contributed by atoms with Crippen LogP contribution in [0.1, 0.15) is 37.9 Å². The fourth-order valence-electron chi connectivity index (χ4n) is 4.13. The minimum Gasteiger partial charge on any atom is -0.357 e. The van der Waals surface area contributed by atoms with E-state index in [4.69, 9.17) is 0 Å². The van der Waals surface area contributed by atoms with Gasteiger partial charge in [-0.25, -0.2) is 4.79 Å². The summed E-state index contributed by atoms with van der Waals surface area (Å²) in [5, 5.41) is 4.45. The third-order valence-corrected chi connectivity index (χ3v) is 5.94. The number of nitrogens with zero attached hydrogens (tertiary/aromatic N) is 6. The Labute approximate surface area is 176 Å². The van der Waals surface area contributed by atoms with Crippen LogP contribution in [0.3, 0.4) is 0 Å². The van der Waals surface area contributed by atoms with Crippen LogP contribution >= 0.6 is 0 Å². The zero-order valence-corrected chi connectivity index (χ0v) is 18.6. The normalized spacial score (nSPS) is 16.7. The SMILES string of the molecule is CCn1cc(CN(C)C(=O)C2CCCN(c3cc(=O)n(C)c(=O)n3CC)C2)c(C)n1. The summed E-state index contributed by atoms with van der Waals surface area (Å²) in [4.78, 5) is 41.6. The second-order valence-electron chi connectivity index (χ2n) is 8.00. The number of amides is 1. The van der Waals surface area contributed by atoms with Crippen molar-refractivity contribution < 1.29 is 4.79 Å². The Hall–Kier alpha value is -2.84. The molecule has 2 aromatic rings. The Balaban J connectivity index is 1.77. The average Bonchev–Trinajstić information content (AvgIpc) is 3.10. The molecule has 0 N–H and O–H groups in total. The maximum absolute atomic E-state index is 13.1. The molecule has 1 unspecified atom stereocenters. The maximum Gasteiger partial charge on any atom is 0.332 e. The van der Waals surface area contributed by atoms with E-state index in [0.29, 0.717) is 25.5 Å². The average molecular weight is 417 g/mol. The van der Waals surface area contributed by atoms with Crippen LogP contribution in [0.15, 0.2) is 21.9 Å².